The molecule has 0 aliphatic heterocycles. The van der Waals surface area contributed by atoms with Crippen LogP contribution in [0.1, 0.15) is 44.1 Å². The number of carboxylic acids is 4. The fourth-order valence-electron chi connectivity index (χ4n) is 2.22. The molecule has 1 fully saturated rings. The van der Waals surface area contributed by atoms with E-state index in [1.54, 1.807) is 0 Å². The van der Waals surface area contributed by atoms with Crippen LogP contribution in [0.4, 0.5) is 0 Å². The Morgan fingerprint density at radius 1 is 0.879 bits per heavy atom. The summed E-state index contributed by atoms with van der Waals surface area (Å²) in [7, 11) is 0. The number of halogens is 2. The smallest absolute Gasteiger partial charge is 0.676 e. The molecule has 0 unspecified atom stereocenters. The minimum Gasteiger partial charge on any atom is -0.676 e. The Balaban J connectivity index is -0.000000379. The van der Waals surface area contributed by atoms with E-state index in [2.05, 4.69) is 0 Å². The van der Waals surface area contributed by atoms with E-state index in [0.717, 1.165) is 25.7 Å². The van der Waals surface area contributed by atoms with Crippen molar-refractivity contribution in [2.75, 3.05) is 0 Å². The Kier molecular flexibility index (Phi) is 24.0. The number of nitrogens with one attached hydrogen (secondary N) is 2. The number of hydrogen-bond donors (Lipinski definition) is 4. The van der Waals surface area contributed by atoms with Gasteiger partial charge in [0.05, 0.1) is 0 Å². The molecule has 0 saturated heterocycles. The Morgan fingerprint density at radius 2 is 1.27 bits per heavy atom. The van der Waals surface area contributed by atoms with Crippen molar-refractivity contribution >= 4 is 47.1 Å². The van der Waals surface area contributed by atoms with Crippen LogP contribution in [0.2, 0.25) is 0 Å². The van der Waals surface area contributed by atoms with Gasteiger partial charge in [0, 0.05) is 6.42 Å². The Morgan fingerprint density at radius 3 is 1.55 bits per heavy atom. The Bertz CT molecular complexity index is 674. The standard InChI is InChI=1S/C10H12O2.C6H12N2.C2H2Cl2O2.C2H2O4.Pt/c11-10(12)8-4-7-9-5-2-1-3-6-9;7-5-3-1-2-4-6(5)8;2*3-1(4)2(5)6;/h1-3,5-6H,4,7-8H2,(H,11,12);5-8H,1-4H2;1H,(H,5,6);(H,3,4)(H,5,6);/q;-2;;;+2/t;5-,6-;;;/m.1.../s1. The molecule has 6 N–H and O–H groups in total. The van der Waals surface area contributed by atoms with Crippen LogP contribution in [0.25, 0.3) is 11.5 Å². The normalized spacial score (nSPS) is 16.2. The molecule has 10 nitrogen and oxygen atoms in total. The predicted octanol–water partition coefficient (Wildman–Crippen LogP) is 4.52. The first kappa shape index (κ1) is 35.9. The van der Waals surface area contributed by atoms with Crippen molar-refractivity contribution in [3.05, 3.63) is 47.4 Å². The maximum atomic E-state index is 10.2. The van der Waals surface area contributed by atoms with Crippen LogP contribution >= 0.6 is 23.2 Å². The summed E-state index contributed by atoms with van der Waals surface area (Å²) in [6.45, 7) is 0. The number of carbonyl (C=O) groups is 4. The van der Waals surface area contributed by atoms with Gasteiger partial charge in [-0.1, -0.05) is 79.2 Å². The first-order valence-corrected chi connectivity index (χ1v) is 10.4. The van der Waals surface area contributed by atoms with Crippen molar-refractivity contribution in [2.24, 2.45) is 0 Å². The maximum absolute atomic E-state index is 10.2. The topological polar surface area (TPSA) is 197 Å². The van der Waals surface area contributed by atoms with E-state index >= 15 is 0 Å². The van der Waals surface area contributed by atoms with Crippen LogP contribution in [-0.4, -0.2) is 61.2 Å². The van der Waals surface area contributed by atoms with Crippen LogP contribution in [-0.2, 0) is 46.7 Å². The molecule has 190 valence electrons. The summed E-state index contributed by atoms with van der Waals surface area (Å²) in [6, 6.07) is 9.77. The van der Waals surface area contributed by atoms with Crippen molar-refractivity contribution < 1.29 is 60.7 Å². The molecule has 1 aromatic carbocycles. The van der Waals surface area contributed by atoms with Crippen molar-refractivity contribution in [1.29, 1.82) is 0 Å². The van der Waals surface area contributed by atoms with Gasteiger partial charge in [0.25, 0.3) is 0 Å². The second-order valence-corrected chi connectivity index (χ2v) is 7.58. The van der Waals surface area contributed by atoms with E-state index in [4.69, 9.17) is 64.7 Å². The molecule has 1 aromatic rings. The Hall–Kier alpha value is -1.71. The third-order valence-corrected chi connectivity index (χ3v) is 4.21. The number of rotatable bonds is 5. The molecule has 0 bridgehead atoms. The molecule has 2 atom stereocenters. The van der Waals surface area contributed by atoms with Crippen LogP contribution < -0.4 is 0 Å². The fraction of sp³-hybridized carbons (Fsp3) is 0.500. The molecule has 33 heavy (non-hydrogen) atoms. The Labute approximate surface area is 216 Å². The van der Waals surface area contributed by atoms with Gasteiger partial charge in [-0.15, -0.1) is 0 Å². The second-order valence-electron chi connectivity index (χ2n) is 6.48. The van der Waals surface area contributed by atoms with E-state index in [-0.39, 0.29) is 39.6 Å². The zero-order valence-electron chi connectivity index (χ0n) is 17.6. The molecular formula is C20H28Cl2N2O8Pt. The van der Waals surface area contributed by atoms with Crippen molar-refractivity contribution in [2.45, 2.75) is 61.9 Å². The minimum absolute atomic E-state index is 0. The fourth-order valence-corrected chi connectivity index (χ4v) is 2.22. The number of aryl methyl sites for hydroxylation is 1. The molecule has 0 radical (unpaired) electrons. The van der Waals surface area contributed by atoms with Crippen molar-refractivity contribution in [3.8, 4) is 0 Å². The summed E-state index contributed by atoms with van der Waals surface area (Å²) in [5.74, 6) is -5.57. The number of carboxylic acid groups (broad SMARTS) is 4. The second kappa shape index (κ2) is 22.1. The van der Waals surface area contributed by atoms with Gasteiger partial charge in [0.1, 0.15) is 0 Å². The molecule has 1 aliphatic rings. The molecule has 0 aromatic heterocycles. The van der Waals surface area contributed by atoms with E-state index in [1.165, 1.54) is 18.4 Å². The summed E-state index contributed by atoms with van der Waals surface area (Å²) in [5.41, 5.74) is 15.8. The first-order chi connectivity index (χ1) is 14.9. The van der Waals surface area contributed by atoms with Crippen LogP contribution in [0.5, 0.6) is 0 Å². The molecule has 13 heteroatoms. The summed E-state index contributed by atoms with van der Waals surface area (Å²) in [6.07, 6.45) is 6.08. The summed E-state index contributed by atoms with van der Waals surface area (Å²) in [5, 5.41) is 30.9. The average Bonchev–Trinajstić information content (AvgIpc) is 2.72. The van der Waals surface area contributed by atoms with Crippen LogP contribution in [0.3, 0.4) is 0 Å². The molecule has 0 heterocycles. The summed E-state index contributed by atoms with van der Waals surface area (Å²) >= 11 is 9.56. The molecule has 1 saturated carbocycles. The van der Waals surface area contributed by atoms with Crippen molar-refractivity contribution in [1.82, 2.24) is 0 Å². The van der Waals surface area contributed by atoms with E-state index in [9.17, 15) is 9.59 Å². The number of alkyl halides is 2. The predicted molar refractivity (Wildman–Crippen MR) is 120 cm³/mol. The van der Waals surface area contributed by atoms with E-state index < -0.39 is 28.7 Å². The van der Waals surface area contributed by atoms with Gasteiger partial charge in [-0.05, 0) is 18.4 Å². The quantitative estimate of drug-likeness (QED) is 0.255. The van der Waals surface area contributed by atoms with Gasteiger partial charge in [-0.3, -0.25) is 4.79 Å². The molecular weight excluding hydrogens is 662 g/mol. The van der Waals surface area contributed by atoms with E-state index in [1.807, 2.05) is 30.3 Å². The molecule has 1 aliphatic carbocycles. The van der Waals surface area contributed by atoms with Gasteiger partial charge in [0.2, 0.25) is 4.84 Å². The molecule has 0 spiro atoms. The molecule has 0 amide bonds. The van der Waals surface area contributed by atoms with Gasteiger partial charge in [0.15, 0.2) is 0 Å². The zero-order valence-corrected chi connectivity index (χ0v) is 21.3. The SMILES string of the molecule is O=C(O)C(=O)O.O=C(O)C(Cl)Cl.O=C(O)CCCc1ccccc1.[NH-][C@@H]1CCCC[C@H]1[NH-].[Pt+2]. The largest absolute Gasteiger partial charge is 2.00 e. The minimum atomic E-state index is -1.82. The number of benzene rings is 1. The monoisotopic (exact) mass is 689 g/mol. The van der Waals surface area contributed by atoms with Gasteiger partial charge in [-0.2, -0.15) is 12.1 Å². The average molecular weight is 690 g/mol. The van der Waals surface area contributed by atoms with Gasteiger partial charge >= 0.3 is 44.9 Å². The third kappa shape index (κ3) is 24.8. The third-order valence-electron chi connectivity index (χ3n) is 3.83. The van der Waals surface area contributed by atoms with Crippen LogP contribution in [0, 0.1) is 0 Å². The zero-order chi connectivity index (χ0) is 25.1. The van der Waals surface area contributed by atoms with Gasteiger partial charge < -0.3 is 31.9 Å². The summed E-state index contributed by atoms with van der Waals surface area (Å²) in [4.78, 5) is 36.5. The van der Waals surface area contributed by atoms with Gasteiger partial charge in [-0.25, -0.2) is 14.4 Å². The van der Waals surface area contributed by atoms with Crippen molar-refractivity contribution in [3.63, 3.8) is 0 Å². The number of hydrogen-bond acceptors (Lipinski definition) is 4. The number of aliphatic carboxylic acids is 4. The van der Waals surface area contributed by atoms with E-state index in [0.29, 0.717) is 0 Å². The summed E-state index contributed by atoms with van der Waals surface area (Å²) < 4.78 is 0. The first-order valence-electron chi connectivity index (χ1n) is 9.53. The van der Waals surface area contributed by atoms with Crippen LogP contribution in [0.15, 0.2) is 30.3 Å². The molecule has 2 rings (SSSR count). The maximum Gasteiger partial charge on any atom is 2.00 e.